The van der Waals surface area contributed by atoms with E-state index in [9.17, 15) is 14.0 Å². The van der Waals surface area contributed by atoms with Gasteiger partial charge in [0.1, 0.15) is 5.82 Å². The third kappa shape index (κ3) is 5.37. The molecule has 0 aromatic heterocycles. The summed E-state index contributed by atoms with van der Waals surface area (Å²) in [6.45, 7) is 2.05. The standard InChI is InChI=1S/C13H17FN2O3/c1-9-5-4-6-10(14)12(9)16-13(19)15-8-3-2-7-11(17)18/h4-6H,2-3,7-8H2,1H3,(H,17,18)(H2,15,16,19). The van der Waals surface area contributed by atoms with Gasteiger partial charge in [0.25, 0.3) is 0 Å². The Morgan fingerprint density at radius 2 is 2.05 bits per heavy atom. The van der Waals surface area contributed by atoms with Gasteiger partial charge >= 0.3 is 12.0 Å². The van der Waals surface area contributed by atoms with Gasteiger partial charge in [0.05, 0.1) is 5.69 Å². The minimum atomic E-state index is -0.855. The number of halogens is 1. The normalized spacial score (nSPS) is 10.0. The van der Waals surface area contributed by atoms with Crippen molar-refractivity contribution in [2.75, 3.05) is 11.9 Å². The summed E-state index contributed by atoms with van der Waals surface area (Å²) in [5.41, 5.74) is 0.798. The molecule has 0 saturated heterocycles. The van der Waals surface area contributed by atoms with Crippen LogP contribution in [0.5, 0.6) is 0 Å². The number of carbonyl (C=O) groups excluding carboxylic acids is 1. The Kier molecular flexibility index (Phi) is 5.78. The molecule has 1 aromatic carbocycles. The maximum absolute atomic E-state index is 13.4. The zero-order valence-corrected chi connectivity index (χ0v) is 10.7. The highest BCUT2D eigenvalue weighted by atomic mass is 19.1. The second-order valence-corrected chi connectivity index (χ2v) is 4.16. The van der Waals surface area contributed by atoms with Crippen LogP contribution in [0.4, 0.5) is 14.9 Å². The molecule has 0 spiro atoms. The molecule has 0 aliphatic carbocycles. The minimum absolute atomic E-state index is 0.0791. The number of aryl methyl sites for hydroxylation is 1. The monoisotopic (exact) mass is 268 g/mol. The number of anilines is 1. The molecule has 1 rings (SSSR count). The third-order valence-corrected chi connectivity index (χ3v) is 2.56. The van der Waals surface area contributed by atoms with Crippen LogP contribution >= 0.6 is 0 Å². The maximum Gasteiger partial charge on any atom is 0.319 e. The smallest absolute Gasteiger partial charge is 0.319 e. The predicted molar refractivity (Wildman–Crippen MR) is 69.6 cm³/mol. The van der Waals surface area contributed by atoms with E-state index in [0.29, 0.717) is 24.9 Å². The molecule has 2 amide bonds. The molecule has 0 saturated carbocycles. The van der Waals surface area contributed by atoms with Gasteiger partial charge in [0.2, 0.25) is 0 Å². The van der Waals surface area contributed by atoms with Crippen LogP contribution in [-0.2, 0) is 4.79 Å². The van der Waals surface area contributed by atoms with Crippen molar-refractivity contribution in [2.24, 2.45) is 0 Å². The Labute approximate surface area is 110 Å². The van der Waals surface area contributed by atoms with Crippen molar-refractivity contribution in [3.05, 3.63) is 29.6 Å². The van der Waals surface area contributed by atoms with Gasteiger partial charge in [-0.05, 0) is 31.4 Å². The first-order chi connectivity index (χ1) is 9.00. The molecule has 3 N–H and O–H groups in total. The number of hydrogen-bond donors (Lipinski definition) is 3. The minimum Gasteiger partial charge on any atom is -0.481 e. The molecule has 0 unspecified atom stereocenters. The van der Waals surface area contributed by atoms with Crippen LogP contribution in [0.25, 0.3) is 0 Å². The predicted octanol–water partition coefficient (Wildman–Crippen LogP) is 2.51. The van der Waals surface area contributed by atoms with Gasteiger partial charge in [-0.25, -0.2) is 9.18 Å². The van der Waals surface area contributed by atoms with E-state index in [4.69, 9.17) is 5.11 Å². The van der Waals surface area contributed by atoms with Crippen molar-refractivity contribution in [3.8, 4) is 0 Å². The molecule has 6 heteroatoms. The Morgan fingerprint density at radius 1 is 1.32 bits per heavy atom. The average molecular weight is 268 g/mol. The molecule has 0 heterocycles. The Bertz CT molecular complexity index is 443. The molecule has 5 nitrogen and oxygen atoms in total. The molecule has 0 atom stereocenters. The van der Waals surface area contributed by atoms with E-state index >= 15 is 0 Å². The Hall–Kier alpha value is -2.11. The molecule has 0 fully saturated rings. The zero-order valence-electron chi connectivity index (χ0n) is 10.7. The number of nitrogens with one attached hydrogen (secondary N) is 2. The van der Waals surface area contributed by atoms with E-state index in [2.05, 4.69) is 10.6 Å². The van der Waals surface area contributed by atoms with Gasteiger partial charge in [-0.3, -0.25) is 4.79 Å². The van der Waals surface area contributed by atoms with Crippen LogP contribution in [-0.4, -0.2) is 23.7 Å². The van der Waals surface area contributed by atoms with Crippen LogP contribution in [0.2, 0.25) is 0 Å². The van der Waals surface area contributed by atoms with E-state index in [1.807, 2.05) is 0 Å². The number of unbranched alkanes of at least 4 members (excludes halogenated alkanes) is 1. The highest BCUT2D eigenvalue weighted by molar-refractivity contribution is 5.90. The van der Waals surface area contributed by atoms with E-state index < -0.39 is 17.8 Å². The summed E-state index contributed by atoms with van der Waals surface area (Å²) in [4.78, 5) is 21.8. The quantitative estimate of drug-likeness (QED) is 0.694. The van der Waals surface area contributed by atoms with Crippen LogP contribution in [0.1, 0.15) is 24.8 Å². The SMILES string of the molecule is Cc1cccc(F)c1NC(=O)NCCCCC(=O)O. The molecular weight excluding hydrogens is 251 g/mol. The van der Waals surface area contributed by atoms with E-state index in [1.54, 1.807) is 19.1 Å². The second-order valence-electron chi connectivity index (χ2n) is 4.16. The van der Waals surface area contributed by atoms with Gasteiger partial charge in [0.15, 0.2) is 0 Å². The number of para-hydroxylation sites is 1. The fourth-order valence-electron chi connectivity index (χ4n) is 1.55. The fourth-order valence-corrected chi connectivity index (χ4v) is 1.55. The van der Waals surface area contributed by atoms with Crippen molar-refractivity contribution in [3.63, 3.8) is 0 Å². The lowest BCUT2D eigenvalue weighted by atomic mass is 10.2. The maximum atomic E-state index is 13.4. The van der Waals surface area contributed by atoms with Gasteiger partial charge in [0, 0.05) is 13.0 Å². The summed E-state index contributed by atoms with van der Waals surface area (Å²) >= 11 is 0. The summed E-state index contributed by atoms with van der Waals surface area (Å²) in [6, 6.07) is 4.05. The number of carboxylic acid groups (broad SMARTS) is 1. The van der Waals surface area contributed by atoms with E-state index in [0.717, 1.165) is 0 Å². The number of benzene rings is 1. The first-order valence-corrected chi connectivity index (χ1v) is 6.02. The molecule has 1 aromatic rings. The van der Waals surface area contributed by atoms with Crippen LogP contribution in [0, 0.1) is 12.7 Å². The molecule has 19 heavy (non-hydrogen) atoms. The summed E-state index contributed by atoms with van der Waals surface area (Å²) in [7, 11) is 0. The first kappa shape index (κ1) is 14.9. The second kappa shape index (κ2) is 7.35. The summed E-state index contributed by atoms with van der Waals surface area (Å²) in [5, 5.41) is 13.4. The fraction of sp³-hybridized carbons (Fsp3) is 0.385. The highest BCUT2D eigenvalue weighted by Crippen LogP contribution is 2.18. The highest BCUT2D eigenvalue weighted by Gasteiger charge is 2.08. The lowest BCUT2D eigenvalue weighted by Gasteiger charge is -2.10. The Balaban J connectivity index is 2.33. The van der Waals surface area contributed by atoms with Crippen LogP contribution in [0.3, 0.4) is 0 Å². The van der Waals surface area contributed by atoms with E-state index in [-0.39, 0.29) is 12.1 Å². The topological polar surface area (TPSA) is 78.4 Å². The van der Waals surface area contributed by atoms with Crippen LogP contribution < -0.4 is 10.6 Å². The first-order valence-electron chi connectivity index (χ1n) is 6.02. The number of urea groups is 1. The summed E-state index contributed by atoms with van der Waals surface area (Å²) < 4.78 is 13.4. The molecule has 0 radical (unpaired) electrons. The lowest BCUT2D eigenvalue weighted by Crippen LogP contribution is -2.30. The van der Waals surface area contributed by atoms with Gasteiger partial charge in [-0.15, -0.1) is 0 Å². The van der Waals surface area contributed by atoms with Crippen molar-refractivity contribution in [1.29, 1.82) is 0 Å². The van der Waals surface area contributed by atoms with Gasteiger partial charge in [-0.2, -0.15) is 0 Å². The number of carbonyl (C=O) groups is 2. The number of rotatable bonds is 6. The van der Waals surface area contributed by atoms with Crippen molar-refractivity contribution in [2.45, 2.75) is 26.2 Å². The van der Waals surface area contributed by atoms with Crippen molar-refractivity contribution < 1.29 is 19.1 Å². The van der Waals surface area contributed by atoms with Gasteiger partial charge in [-0.1, -0.05) is 12.1 Å². The lowest BCUT2D eigenvalue weighted by molar-refractivity contribution is -0.137. The van der Waals surface area contributed by atoms with Gasteiger partial charge < -0.3 is 15.7 Å². The number of hydrogen-bond acceptors (Lipinski definition) is 2. The van der Waals surface area contributed by atoms with Crippen LogP contribution in [0.15, 0.2) is 18.2 Å². The average Bonchev–Trinajstić information content (AvgIpc) is 2.33. The molecular formula is C13H17FN2O3. The largest absolute Gasteiger partial charge is 0.481 e. The summed E-state index contributed by atoms with van der Waals surface area (Å²) in [6.07, 6.45) is 1.14. The zero-order chi connectivity index (χ0) is 14.3. The molecule has 0 aliphatic rings. The Morgan fingerprint density at radius 3 is 2.68 bits per heavy atom. The third-order valence-electron chi connectivity index (χ3n) is 2.56. The molecule has 0 aliphatic heterocycles. The number of aliphatic carboxylic acids is 1. The number of carboxylic acids is 1. The van der Waals surface area contributed by atoms with Crippen molar-refractivity contribution >= 4 is 17.7 Å². The number of amides is 2. The molecule has 104 valence electrons. The molecule has 0 bridgehead atoms. The summed E-state index contributed by atoms with van der Waals surface area (Å²) in [5.74, 6) is -1.34. The van der Waals surface area contributed by atoms with E-state index in [1.165, 1.54) is 6.07 Å². The van der Waals surface area contributed by atoms with Crippen molar-refractivity contribution in [1.82, 2.24) is 5.32 Å².